The molecule has 0 aliphatic carbocycles. The number of pyridine rings is 1. The largest absolute Gasteiger partial charge is 0.322 e. The van der Waals surface area contributed by atoms with Crippen LogP contribution in [0.25, 0.3) is 5.65 Å². The Bertz CT molecular complexity index is 795. The van der Waals surface area contributed by atoms with Gasteiger partial charge in [0.25, 0.3) is 5.91 Å². The van der Waals surface area contributed by atoms with E-state index >= 15 is 0 Å². The Kier molecular flexibility index (Phi) is 3.16. The molecule has 1 N–H and O–H groups in total. The topological polar surface area (TPSA) is 46.4 Å². The predicted molar refractivity (Wildman–Crippen MR) is 79.3 cm³/mol. The number of aryl methyl sites for hydroxylation is 1. The van der Waals surface area contributed by atoms with Gasteiger partial charge in [-0.1, -0.05) is 17.7 Å². The number of rotatable bonds is 2. The Balaban J connectivity index is 1.86. The van der Waals surface area contributed by atoms with Gasteiger partial charge in [0.05, 0.1) is 5.56 Å². The number of benzene rings is 1. The molecule has 0 spiro atoms. The van der Waals surface area contributed by atoms with Gasteiger partial charge in [0, 0.05) is 29.3 Å². The van der Waals surface area contributed by atoms with E-state index < -0.39 is 0 Å². The lowest BCUT2D eigenvalue weighted by Gasteiger charge is -2.07. The van der Waals surface area contributed by atoms with Crippen molar-refractivity contribution >= 4 is 28.8 Å². The van der Waals surface area contributed by atoms with Gasteiger partial charge in [-0.2, -0.15) is 0 Å². The molecule has 0 fully saturated rings. The molecule has 0 aliphatic rings. The van der Waals surface area contributed by atoms with Crippen molar-refractivity contribution in [2.24, 2.45) is 0 Å². The minimum absolute atomic E-state index is 0.180. The molecule has 2 heterocycles. The van der Waals surface area contributed by atoms with Crippen LogP contribution in [0.1, 0.15) is 15.9 Å². The van der Waals surface area contributed by atoms with Gasteiger partial charge in [0.15, 0.2) is 0 Å². The number of nitrogens with zero attached hydrogens (tertiary/aromatic N) is 2. The first-order valence-electron chi connectivity index (χ1n) is 6.14. The molecular weight excluding hydrogens is 274 g/mol. The van der Waals surface area contributed by atoms with E-state index in [1.807, 2.05) is 19.1 Å². The van der Waals surface area contributed by atoms with Gasteiger partial charge in [0.2, 0.25) is 0 Å². The van der Waals surface area contributed by atoms with Gasteiger partial charge >= 0.3 is 0 Å². The number of fused-ring (bicyclic) bond motifs is 1. The summed E-state index contributed by atoms with van der Waals surface area (Å²) in [5.41, 5.74) is 3.02. The Morgan fingerprint density at radius 3 is 2.95 bits per heavy atom. The zero-order valence-electron chi connectivity index (χ0n) is 10.8. The molecule has 1 amide bonds. The molecule has 0 saturated heterocycles. The van der Waals surface area contributed by atoms with E-state index in [0.717, 1.165) is 11.2 Å². The maximum absolute atomic E-state index is 12.2. The Morgan fingerprint density at radius 2 is 2.15 bits per heavy atom. The molecule has 0 aliphatic heterocycles. The van der Waals surface area contributed by atoms with Crippen molar-refractivity contribution in [3.63, 3.8) is 0 Å². The molecular formula is C15H12ClN3O. The van der Waals surface area contributed by atoms with Crippen LogP contribution in [0.3, 0.4) is 0 Å². The SMILES string of the molecule is Cc1ccc(NC(=O)c2ccc3nccn3c2)cc1Cl. The third-order valence-electron chi connectivity index (χ3n) is 3.08. The Hall–Kier alpha value is -2.33. The molecule has 1 aromatic carbocycles. The van der Waals surface area contributed by atoms with Gasteiger partial charge in [-0.05, 0) is 36.8 Å². The van der Waals surface area contributed by atoms with Crippen molar-refractivity contribution in [3.8, 4) is 0 Å². The third kappa shape index (κ3) is 2.38. The van der Waals surface area contributed by atoms with Crippen molar-refractivity contribution < 1.29 is 4.79 Å². The van der Waals surface area contributed by atoms with E-state index in [0.29, 0.717) is 16.3 Å². The highest BCUT2D eigenvalue weighted by Crippen LogP contribution is 2.20. The molecule has 0 radical (unpaired) electrons. The minimum atomic E-state index is -0.180. The van der Waals surface area contributed by atoms with Crippen LogP contribution in [-0.4, -0.2) is 15.3 Å². The van der Waals surface area contributed by atoms with Gasteiger partial charge < -0.3 is 9.72 Å². The lowest BCUT2D eigenvalue weighted by Crippen LogP contribution is -2.12. The first-order chi connectivity index (χ1) is 9.63. The van der Waals surface area contributed by atoms with Crippen LogP contribution in [0.4, 0.5) is 5.69 Å². The Labute approximate surface area is 121 Å². The lowest BCUT2D eigenvalue weighted by atomic mass is 10.2. The third-order valence-corrected chi connectivity index (χ3v) is 3.49. The second-order valence-electron chi connectivity index (χ2n) is 4.53. The van der Waals surface area contributed by atoms with Gasteiger partial charge in [-0.15, -0.1) is 0 Å². The van der Waals surface area contributed by atoms with Crippen LogP contribution in [0.5, 0.6) is 0 Å². The summed E-state index contributed by atoms with van der Waals surface area (Å²) in [4.78, 5) is 16.3. The maximum Gasteiger partial charge on any atom is 0.257 e. The zero-order chi connectivity index (χ0) is 14.1. The number of amides is 1. The average molecular weight is 286 g/mol. The van der Waals surface area contributed by atoms with E-state index in [1.165, 1.54) is 0 Å². The van der Waals surface area contributed by atoms with E-state index in [-0.39, 0.29) is 5.91 Å². The molecule has 20 heavy (non-hydrogen) atoms. The first-order valence-corrected chi connectivity index (χ1v) is 6.51. The summed E-state index contributed by atoms with van der Waals surface area (Å²) in [6.45, 7) is 1.92. The first kappa shape index (κ1) is 12.7. The van der Waals surface area contributed by atoms with E-state index in [1.54, 1.807) is 41.2 Å². The van der Waals surface area contributed by atoms with Crippen molar-refractivity contribution in [3.05, 3.63) is 65.1 Å². The standard InChI is InChI=1S/C15H12ClN3O/c1-10-2-4-12(8-13(10)16)18-15(20)11-3-5-14-17-6-7-19(14)9-11/h2-9H,1H3,(H,18,20). The molecule has 0 saturated carbocycles. The molecule has 0 atom stereocenters. The van der Waals surface area contributed by atoms with Gasteiger partial charge in [0.1, 0.15) is 5.65 Å². The summed E-state index contributed by atoms with van der Waals surface area (Å²) in [6, 6.07) is 8.99. The monoisotopic (exact) mass is 285 g/mol. The van der Waals surface area contributed by atoms with E-state index in [2.05, 4.69) is 10.3 Å². The summed E-state index contributed by atoms with van der Waals surface area (Å²) >= 11 is 6.04. The molecule has 3 rings (SSSR count). The number of imidazole rings is 1. The Morgan fingerprint density at radius 1 is 1.30 bits per heavy atom. The second kappa shape index (κ2) is 4.98. The van der Waals surface area contributed by atoms with Crippen LogP contribution in [0.2, 0.25) is 5.02 Å². The number of hydrogen-bond donors (Lipinski definition) is 1. The van der Waals surface area contributed by atoms with Gasteiger partial charge in [-0.3, -0.25) is 4.79 Å². The quantitative estimate of drug-likeness (QED) is 0.783. The number of nitrogens with one attached hydrogen (secondary N) is 1. The summed E-state index contributed by atoms with van der Waals surface area (Å²) in [5.74, 6) is -0.180. The normalized spacial score (nSPS) is 10.7. The molecule has 0 bridgehead atoms. The van der Waals surface area contributed by atoms with E-state index in [4.69, 9.17) is 11.6 Å². The molecule has 100 valence electrons. The lowest BCUT2D eigenvalue weighted by molar-refractivity contribution is 0.102. The second-order valence-corrected chi connectivity index (χ2v) is 4.94. The van der Waals surface area contributed by atoms with Crippen molar-refractivity contribution in [2.75, 3.05) is 5.32 Å². The van der Waals surface area contributed by atoms with Gasteiger partial charge in [-0.25, -0.2) is 4.98 Å². The fourth-order valence-corrected chi connectivity index (χ4v) is 2.11. The van der Waals surface area contributed by atoms with Crippen LogP contribution in [0, 0.1) is 6.92 Å². The smallest absolute Gasteiger partial charge is 0.257 e. The number of carbonyl (C=O) groups excluding carboxylic acids is 1. The zero-order valence-corrected chi connectivity index (χ0v) is 11.6. The number of halogens is 1. The average Bonchev–Trinajstić information content (AvgIpc) is 2.90. The maximum atomic E-state index is 12.2. The number of anilines is 1. The molecule has 5 heteroatoms. The van der Waals surface area contributed by atoms with Crippen molar-refractivity contribution in [1.29, 1.82) is 0 Å². The van der Waals surface area contributed by atoms with E-state index in [9.17, 15) is 4.79 Å². The highest BCUT2D eigenvalue weighted by Gasteiger charge is 2.08. The van der Waals surface area contributed by atoms with Crippen LogP contribution >= 0.6 is 11.6 Å². The number of aromatic nitrogens is 2. The van der Waals surface area contributed by atoms with Crippen LogP contribution < -0.4 is 5.32 Å². The highest BCUT2D eigenvalue weighted by atomic mass is 35.5. The molecule has 2 aromatic heterocycles. The molecule has 0 unspecified atom stereocenters. The van der Waals surface area contributed by atoms with Crippen molar-refractivity contribution in [2.45, 2.75) is 6.92 Å². The molecule has 3 aromatic rings. The van der Waals surface area contributed by atoms with Crippen LogP contribution in [-0.2, 0) is 0 Å². The highest BCUT2D eigenvalue weighted by molar-refractivity contribution is 6.31. The summed E-state index contributed by atoms with van der Waals surface area (Å²) in [5, 5.41) is 3.46. The van der Waals surface area contributed by atoms with Crippen LogP contribution in [0.15, 0.2) is 48.9 Å². The number of hydrogen-bond acceptors (Lipinski definition) is 2. The summed E-state index contributed by atoms with van der Waals surface area (Å²) in [6.07, 6.45) is 5.24. The van der Waals surface area contributed by atoms with Crippen molar-refractivity contribution in [1.82, 2.24) is 9.38 Å². The minimum Gasteiger partial charge on any atom is -0.322 e. The number of carbonyl (C=O) groups is 1. The predicted octanol–water partition coefficient (Wildman–Crippen LogP) is 3.55. The summed E-state index contributed by atoms with van der Waals surface area (Å²) < 4.78 is 1.80. The fourth-order valence-electron chi connectivity index (χ4n) is 1.93. The fraction of sp³-hybridized carbons (Fsp3) is 0.0667. The molecule has 4 nitrogen and oxygen atoms in total. The summed E-state index contributed by atoms with van der Waals surface area (Å²) in [7, 11) is 0.